The van der Waals surface area contributed by atoms with Gasteiger partial charge in [0.25, 0.3) is 0 Å². The summed E-state index contributed by atoms with van der Waals surface area (Å²) in [7, 11) is 0. The molecule has 0 aromatic heterocycles. The molecule has 0 saturated carbocycles. The first-order valence-electron chi connectivity index (χ1n) is 3.03. The number of aliphatic hydroxyl groups excluding tert-OH is 2. The summed E-state index contributed by atoms with van der Waals surface area (Å²) in [5.74, 6) is -4.23. The van der Waals surface area contributed by atoms with Crippen LogP contribution in [-0.4, -0.2) is 35.0 Å². The van der Waals surface area contributed by atoms with Gasteiger partial charge in [-0.05, 0) is 0 Å². The lowest BCUT2D eigenvalue weighted by Crippen LogP contribution is -2.36. The highest BCUT2D eigenvalue weighted by Crippen LogP contribution is 2.37. The van der Waals surface area contributed by atoms with Crippen LogP contribution in [0, 0.1) is 0 Å². The minimum absolute atomic E-state index is 0.643. The molecule has 0 aromatic rings. The maximum atomic E-state index is 12.6. The van der Waals surface area contributed by atoms with Gasteiger partial charge in [0, 0.05) is 0 Å². The molecule has 3 nitrogen and oxygen atoms in total. The van der Waals surface area contributed by atoms with Crippen LogP contribution in [0.3, 0.4) is 0 Å². The lowest BCUT2D eigenvalue weighted by atomic mass is 10.1. The van der Waals surface area contributed by atoms with E-state index >= 15 is 0 Å². The highest BCUT2D eigenvalue weighted by Gasteiger charge is 2.54. The number of ether oxygens (including phenoxy) is 1. The second kappa shape index (κ2) is 2.42. The predicted octanol–water partition coefficient (Wildman–Crippen LogP) is -0.113. The van der Waals surface area contributed by atoms with Crippen molar-refractivity contribution in [3.8, 4) is 0 Å². The largest absolute Gasteiger partial charge is 0.484 e. The van der Waals surface area contributed by atoms with Gasteiger partial charge >= 0.3 is 5.92 Å². The number of hydrogen-bond acceptors (Lipinski definition) is 3. The molecule has 5 heteroatoms. The third kappa shape index (κ3) is 1.10. The van der Waals surface area contributed by atoms with Gasteiger partial charge in [0.15, 0.2) is 18.0 Å². The topological polar surface area (TPSA) is 49.7 Å². The van der Waals surface area contributed by atoms with E-state index in [0.29, 0.717) is 0 Å². The van der Waals surface area contributed by atoms with Gasteiger partial charge in [0.05, 0.1) is 6.61 Å². The second-order valence-corrected chi connectivity index (χ2v) is 2.33. The molecule has 0 aliphatic carbocycles. The minimum atomic E-state index is -3.44. The zero-order valence-electron chi connectivity index (χ0n) is 5.63. The van der Waals surface area contributed by atoms with Crippen LogP contribution in [0.25, 0.3) is 0 Å². The molecule has 1 rings (SSSR count). The third-order valence-corrected chi connectivity index (χ3v) is 1.57. The van der Waals surface area contributed by atoms with E-state index in [0.717, 1.165) is 0 Å². The fraction of sp³-hybridized carbons (Fsp3) is 0.667. The Morgan fingerprint density at radius 1 is 1.64 bits per heavy atom. The minimum Gasteiger partial charge on any atom is -0.484 e. The van der Waals surface area contributed by atoms with Crippen molar-refractivity contribution in [2.45, 2.75) is 18.1 Å². The van der Waals surface area contributed by atoms with Gasteiger partial charge in [0.1, 0.15) is 0 Å². The van der Waals surface area contributed by atoms with E-state index in [9.17, 15) is 8.78 Å². The van der Waals surface area contributed by atoms with Crippen molar-refractivity contribution < 1.29 is 23.7 Å². The Labute approximate surface area is 61.9 Å². The summed E-state index contributed by atoms with van der Waals surface area (Å²) in [6.07, 6.45) is -3.24. The average Bonchev–Trinajstić information content (AvgIpc) is 2.14. The molecule has 1 saturated heterocycles. The lowest BCUT2D eigenvalue weighted by molar-refractivity contribution is -0.0738. The molecule has 1 aliphatic rings. The smallest absolute Gasteiger partial charge is 0.332 e. The Hall–Kier alpha value is -0.680. The van der Waals surface area contributed by atoms with E-state index in [-0.39, 0.29) is 0 Å². The zero-order valence-corrected chi connectivity index (χ0v) is 5.63. The summed E-state index contributed by atoms with van der Waals surface area (Å²) in [4.78, 5) is 0. The van der Waals surface area contributed by atoms with Crippen molar-refractivity contribution in [3.05, 3.63) is 12.3 Å². The number of aliphatic hydroxyl groups is 2. The molecular formula is C6H8F2O3. The monoisotopic (exact) mass is 166 g/mol. The first kappa shape index (κ1) is 8.42. The summed E-state index contributed by atoms with van der Waals surface area (Å²) in [6.45, 7) is 2.27. The van der Waals surface area contributed by atoms with Gasteiger partial charge in [-0.15, -0.1) is 0 Å². The van der Waals surface area contributed by atoms with Crippen LogP contribution in [0.2, 0.25) is 0 Å². The van der Waals surface area contributed by atoms with Gasteiger partial charge in [-0.1, -0.05) is 6.58 Å². The van der Waals surface area contributed by atoms with Crippen LogP contribution >= 0.6 is 0 Å². The van der Waals surface area contributed by atoms with E-state index in [1.54, 1.807) is 0 Å². The Morgan fingerprint density at radius 3 is 2.36 bits per heavy atom. The molecule has 1 unspecified atom stereocenters. The van der Waals surface area contributed by atoms with E-state index < -0.39 is 30.5 Å². The second-order valence-electron chi connectivity index (χ2n) is 2.33. The van der Waals surface area contributed by atoms with Crippen LogP contribution < -0.4 is 0 Å². The average molecular weight is 166 g/mol. The van der Waals surface area contributed by atoms with Crippen molar-refractivity contribution in [1.82, 2.24) is 0 Å². The summed E-state index contributed by atoms with van der Waals surface area (Å²) in [5, 5.41) is 17.2. The highest BCUT2D eigenvalue weighted by atomic mass is 19.3. The normalized spacial score (nSPS) is 35.5. The molecule has 2 atom stereocenters. The molecule has 2 N–H and O–H groups in total. The molecule has 0 bridgehead atoms. The fourth-order valence-corrected chi connectivity index (χ4v) is 0.861. The van der Waals surface area contributed by atoms with Crippen molar-refractivity contribution in [2.75, 3.05) is 6.61 Å². The molecule has 0 amide bonds. The maximum Gasteiger partial charge on any atom is 0.332 e. The first-order chi connectivity index (χ1) is 5.00. The predicted molar refractivity (Wildman–Crippen MR) is 32.1 cm³/mol. The van der Waals surface area contributed by atoms with E-state index in [1.165, 1.54) is 0 Å². The zero-order chi connectivity index (χ0) is 8.65. The fourth-order valence-electron chi connectivity index (χ4n) is 0.861. The Kier molecular flexibility index (Phi) is 1.85. The standard InChI is InChI=1S/C6H8F2O3/c1-3-6(7,8)5(10)4(2-9)11-3/h4-5,9-10H,1-2H2/t4-,5?/m1/s1. The summed E-state index contributed by atoms with van der Waals surface area (Å²) >= 11 is 0. The van der Waals surface area contributed by atoms with Crippen LogP contribution in [0.1, 0.15) is 0 Å². The van der Waals surface area contributed by atoms with Crippen molar-refractivity contribution in [2.24, 2.45) is 0 Å². The Morgan fingerprint density at radius 2 is 2.18 bits per heavy atom. The SMILES string of the molecule is C=C1O[C@H](CO)C(O)C1(F)F. The van der Waals surface area contributed by atoms with Gasteiger partial charge < -0.3 is 14.9 Å². The summed E-state index contributed by atoms with van der Waals surface area (Å²) in [5.41, 5.74) is 0. The molecule has 1 fully saturated rings. The molecule has 0 radical (unpaired) electrons. The lowest BCUT2D eigenvalue weighted by Gasteiger charge is -2.12. The highest BCUT2D eigenvalue weighted by molar-refractivity contribution is 5.11. The summed E-state index contributed by atoms with van der Waals surface area (Å²) in [6, 6.07) is 0. The number of halogens is 2. The van der Waals surface area contributed by atoms with Crippen LogP contribution in [0.15, 0.2) is 12.3 Å². The third-order valence-electron chi connectivity index (χ3n) is 1.57. The van der Waals surface area contributed by atoms with Crippen molar-refractivity contribution >= 4 is 0 Å². The molecule has 0 aromatic carbocycles. The van der Waals surface area contributed by atoms with Crippen LogP contribution in [-0.2, 0) is 4.74 Å². The molecule has 1 heterocycles. The number of hydrogen-bond donors (Lipinski definition) is 2. The first-order valence-corrected chi connectivity index (χ1v) is 3.03. The molecular weight excluding hydrogens is 158 g/mol. The van der Waals surface area contributed by atoms with Gasteiger partial charge in [0.2, 0.25) is 0 Å². The van der Waals surface area contributed by atoms with Crippen molar-refractivity contribution in [3.63, 3.8) is 0 Å². The van der Waals surface area contributed by atoms with Crippen LogP contribution in [0.4, 0.5) is 8.78 Å². The number of rotatable bonds is 1. The Bertz CT molecular complexity index is 181. The molecule has 11 heavy (non-hydrogen) atoms. The van der Waals surface area contributed by atoms with E-state index in [1.807, 2.05) is 0 Å². The van der Waals surface area contributed by atoms with Gasteiger partial charge in [-0.25, -0.2) is 0 Å². The molecule has 64 valence electrons. The van der Waals surface area contributed by atoms with E-state index in [4.69, 9.17) is 10.2 Å². The molecule has 1 aliphatic heterocycles. The van der Waals surface area contributed by atoms with Gasteiger partial charge in [-0.3, -0.25) is 0 Å². The van der Waals surface area contributed by atoms with Crippen LogP contribution in [0.5, 0.6) is 0 Å². The Balaban J connectivity index is 2.80. The van der Waals surface area contributed by atoms with Gasteiger partial charge in [-0.2, -0.15) is 8.78 Å². The van der Waals surface area contributed by atoms with Crippen molar-refractivity contribution in [1.29, 1.82) is 0 Å². The number of alkyl halides is 2. The molecule has 0 spiro atoms. The summed E-state index contributed by atoms with van der Waals surface area (Å²) < 4.78 is 29.6. The quantitative estimate of drug-likeness (QED) is 0.571. The van der Waals surface area contributed by atoms with E-state index in [2.05, 4.69) is 11.3 Å². The maximum absolute atomic E-state index is 12.6.